The van der Waals surface area contributed by atoms with E-state index >= 15 is 0 Å². The third-order valence-corrected chi connectivity index (χ3v) is 6.96. The molecule has 2 aliphatic rings. The van der Waals surface area contributed by atoms with Crippen molar-refractivity contribution in [3.05, 3.63) is 53.3 Å². The summed E-state index contributed by atoms with van der Waals surface area (Å²) in [5.41, 5.74) is 2.60. The number of unbranched alkanes of at least 4 members (excludes halogenated alkanes) is 2. The number of rotatable bonds is 10. The molecule has 206 valence electrons. The lowest BCUT2D eigenvalue weighted by molar-refractivity contribution is -0.136. The Hall–Kier alpha value is -3.35. The van der Waals surface area contributed by atoms with Crippen LogP contribution >= 0.6 is 0 Å². The Labute approximate surface area is 227 Å². The molecule has 0 saturated carbocycles. The van der Waals surface area contributed by atoms with Gasteiger partial charge in [0.05, 0.1) is 0 Å². The summed E-state index contributed by atoms with van der Waals surface area (Å²) in [6, 6.07) is 5.64. The molecule has 0 aromatic heterocycles. The second-order valence-electron chi connectivity index (χ2n) is 10.8. The summed E-state index contributed by atoms with van der Waals surface area (Å²) in [5.74, 6) is 0.499. The first-order valence-electron chi connectivity index (χ1n) is 14.0. The maximum Gasteiger partial charge on any atom is 0.333 e. The first kappa shape index (κ1) is 29.2. The first-order valence-corrected chi connectivity index (χ1v) is 14.0. The van der Waals surface area contributed by atoms with E-state index in [-0.39, 0.29) is 11.0 Å². The van der Waals surface area contributed by atoms with Crippen molar-refractivity contribution in [2.45, 2.75) is 74.1 Å². The maximum absolute atomic E-state index is 13.3. The predicted octanol–water partition coefficient (Wildman–Crippen LogP) is 6.56. The zero-order valence-corrected chi connectivity index (χ0v) is 24.1. The van der Waals surface area contributed by atoms with Crippen molar-refractivity contribution in [1.82, 2.24) is 9.80 Å². The molecule has 38 heavy (non-hydrogen) atoms. The van der Waals surface area contributed by atoms with E-state index in [0.29, 0.717) is 25.9 Å². The van der Waals surface area contributed by atoms with Gasteiger partial charge >= 0.3 is 6.03 Å². The molecule has 3 rings (SSSR count). The topological polar surface area (TPSA) is 70.2 Å². The van der Waals surface area contributed by atoms with Crippen molar-refractivity contribution < 1.29 is 19.1 Å². The molecule has 4 amide bonds. The fourth-order valence-electron chi connectivity index (χ4n) is 4.54. The fraction of sp³-hybridized carbons (Fsp3) is 0.516. The highest BCUT2D eigenvalue weighted by atomic mass is 16.5. The number of allylic oxidation sites excluding steroid dienone is 5. The van der Waals surface area contributed by atoms with Gasteiger partial charge in [-0.1, -0.05) is 53.5 Å². The van der Waals surface area contributed by atoms with Gasteiger partial charge in [0, 0.05) is 48.9 Å². The lowest BCUT2D eigenvalue weighted by atomic mass is 9.89. The molecule has 0 unspecified atom stereocenters. The van der Waals surface area contributed by atoms with Crippen molar-refractivity contribution in [1.29, 1.82) is 0 Å². The van der Waals surface area contributed by atoms with E-state index in [0.717, 1.165) is 54.3 Å². The Kier molecular flexibility index (Phi) is 9.58. The molecule has 1 saturated heterocycles. The lowest BCUT2D eigenvalue weighted by Crippen LogP contribution is -2.56. The Morgan fingerprint density at radius 2 is 1.45 bits per heavy atom. The van der Waals surface area contributed by atoms with Gasteiger partial charge < -0.3 is 9.64 Å². The number of anilines is 1. The van der Waals surface area contributed by atoms with Gasteiger partial charge in [-0.05, 0) is 56.5 Å². The zero-order valence-electron chi connectivity index (χ0n) is 24.1. The molecule has 2 heterocycles. The molecule has 0 radical (unpaired) electrons. The summed E-state index contributed by atoms with van der Waals surface area (Å²) < 4.78 is 6.36. The van der Waals surface area contributed by atoms with E-state index in [2.05, 4.69) is 51.7 Å². The van der Waals surface area contributed by atoms with Crippen LogP contribution in [-0.4, -0.2) is 53.8 Å². The van der Waals surface area contributed by atoms with E-state index in [1.807, 2.05) is 26.0 Å². The molecule has 0 spiro atoms. The number of fused-ring (bicyclic) bond motifs is 1. The van der Waals surface area contributed by atoms with E-state index in [1.165, 1.54) is 9.80 Å². The molecular weight excluding hydrogens is 478 g/mol. The van der Waals surface area contributed by atoms with Crippen LogP contribution in [0.5, 0.6) is 5.75 Å². The monoisotopic (exact) mass is 521 g/mol. The van der Waals surface area contributed by atoms with Crippen LogP contribution in [0.4, 0.5) is 10.5 Å². The van der Waals surface area contributed by atoms with Gasteiger partial charge in [0.25, 0.3) is 11.8 Å². The number of hydrogen-bond acceptors (Lipinski definition) is 5. The van der Waals surface area contributed by atoms with Crippen LogP contribution in [0.3, 0.4) is 0 Å². The molecule has 7 nitrogen and oxygen atoms in total. The van der Waals surface area contributed by atoms with E-state index in [4.69, 9.17) is 4.74 Å². The third kappa shape index (κ3) is 6.20. The number of imide groups is 2. The Morgan fingerprint density at radius 3 is 1.95 bits per heavy atom. The van der Waals surface area contributed by atoms with Gasteiger partial charge in [0.2, 0.25) is 0 Å². The van der Waals surface area contributed by atoms with Crippen LogP contribution in [0.15, 0.2) is 47.8 Å². The van der Waals surface area contributed by atoms with Crippen LogP contribution in [-0.2, 0) is 9.59 Å². The summed E-state index contributed by atoms with van der Waals surface area (Å²) >= 11 is 0. The van der Waals surface area contributed by atoms with Gasteiger partial charge in [-0.2, -0.15) is 0 Å². The Morgan fingerprint density at radius 1 is 0.868 bits per heavy atom. The minimum absolute atomic E-state index is 0.0165. The smallest absolute Gasteiger partial charge is 0.333 e. The number of amides is 4. The van der Waals surface area contributed by atoms with Crippen molar-refractivity contribution in [3.63, 3.8) is 0 Å². The quantitative estimate of drug-likeness (QED) is 0.258. The summed E-state index contributed by atoms with van der Waals surface area (Å²) in [4.78, 5) is 44.3. The van der Waals surface area contributed by atoms with E-state index in [9.17, 15) is 14.4 Å². The maximum atomic E-state index is 13.3. The van der Waals surface area contributed by atoms with Crippen LogP contribution in [0, 0.1) is 5.41 Å². The largest absolute Gasteiger partial charge is 0.460 e. The molecule has 0 N–H and O–H groups in total. The lowest BCUT2D eigenvalue weighted by Gasteiger charge is -2.34. The SMILES string of the molecule is CCCCN1C(=O)C(=CC=C2C=C(C(C)(C)C)Oc3cc(N(CC)CC)ccc32)C(=O)N(CCCC)C1=O. The summed E-state index contributed by atoms with van der Waals surface area (Å²) in [6.07, 6.45) is 8.43. The molecule has 0 aliphatic carbocycles. The Bertz CT molecular complexity index is 1120. The van der Waals surface area contributed by atoms with Gasteiger partial charge in [-0.25, -0.2) is 4.79 Å². The zero-order chi connectivity index (χ0) is 28.0. The number of ether oxygens (including phenoxy) is 1. The number of barbiturate groups is 1. The number of carbonyl (C=O) groups excluding carboxylic acids is 3. The van der Waals surface area contributed by atoms with Crippen molar-refractivity contribution in [2.75, 3.05) is 31.1 Å². The molecule has 2 aliphatic heterocycles. The second kappa shape index (κ2) is 12.5. The Balaban J connectivity index is 2.09. The minimum Gasteiger partial charge on any atom is -0.460 e. The van der Waals surface area contributed by atoms with Gasteiger partial charge in [0.1, 0.15) is 17.1 Å². The highest BCUT2D eigenvalue weighted by Crippen LogP contribution is 2.41. The van der Waals surface area contributed by atoms with Crippen LogP contribution in [0.25, 0.3) is 5.57 Å². The third-order valence-electron chi connectivity index (χ3n) is 6.96. The van der Waals surface area contributed by atoms with Crippen molar-refractivity contribution >= 4 is 29.1 Å². The summed E-state index contributed by atoms with van der Waals surface area (Å²) in [5, 5.41) is 0. The van der Waals surface area contributed by atoms with Crippen LogP contribution < -0.4 is 9.64 Å². The normalized spacial score (nSPS) is 17.0. The first-order chi connectivity index (χ1) is 18.1. The number of benzene rings is 1. The molecular formula is C31H43N3O4. The highest BCUT2D eigenvalue weighted by molar-refractivity contribution is 6.28. The van der Waals surface area contributed by atoms with Crippen LogP contribution in [0.1, 0.15) is 79.7 Å². The van der Waals surface area contributed by atoms with Gasteiger partial charge in [-0.15, -0.1) is 0 Å². The van der Waals surface area contributed by atoms with E-state index in [1.54, 1.807) is 12.2 Å². The fourth-order valence-corrected chi connectivity index (χ4v) is 4.54. The number of hydrogen-bond donors (Lipinski definition) is 0. The average molecular weight is 522 g/mol. The molecule has 1 fully saturated rings. The molecule has 1 aromatic carbocycles. The molecule has 7 heteroatoms. The molecule has 0 bridgehead atoms. The predicted molar refractivity (Wildman–Crippen MR) is 153 cm³/mol. The van der Waals surface area contributed by atoms with Crippen LogP contribution in [0.2, 0.25) is 0 Å². The minimum atomic E-state index is -0.526. The van der Waals surface area contributed by atoms with Crippen molar-refractivity contribution in [2.24, 2.45) is 5.41 Å². The molecule has 0 atom stereocenters. The second-order valence-corrected chi connectivity index (χ2v) is 10.8. The van der Waals surface area contributed by atoms with E-state index < -0.39 is 17.8 Å². The molecule has 1 aromatic rings. The van der Waals surface area contributed by atoms with Crippen molar-refractivity contribution in [3.8, 4) is 5.75 Å². The number of carbonyl (C=O) groups is 3. The number of urea groups is 1. The van der Waals surface area contributed by atoms with Gasteiger partial charge in [-0.3, -0.25) is 19.4 Å². The summed E-state index contributed by atoms with van der Waals surface area (Å²) in [7, 11) is 0. The highest BCUT2D eigenvalue weighted by Gasteiger charge is 2.41. The average Bonchev–Trinajstić information content (AvgIpc) is 2.88. The standard InChI is InChI=1S/C31H43N3O4/c1-8-12-18-33-28(35)25(29(36)34(30(33)37)19-13-9-2)16-14-22-20-27(31(5,6)7)38-26-21-23(15-17-24(22)26)32(10-3)11-4/h14-17,20-21H,8-13,18-19H2,1-7H3. The van der Waals surface area contributed by atoms with Gasteiger partial charge in [0.15, 0.2) is 0 Å². The summed E-state index contributed by atoms with van der Waals surface area (Å²) in [6.45, 7) is 16.9. The number of nitrogens with zero attached hydrogens (tertiary/aromatic N) is 3.